The lowest BCUT2D eigenvalue weighted by atomic mass is 10.0. The zero-order valence-electron chi connectivity index (χ0n) is 13.2. The Balaban J connectivity index is 1.35. The number of carbonyl (C=O) groups is 1. The Hall–Kier alpha value is -2.86. The monoisotopic (exact) mass is 354 g/mol. The van der Waals surface area contributed by atoms with Crippen LogP contribution in [-0.2, 0) is 0 Å². The third-order valence-electron chi connectivity index (χ3n) is 4.09. The first-order valence-corrected chi connectivity index (χ1v) is 8.27. The quantitative estimate of drug-likeness (QED) is 0.771. The number of urea groups is 1. The fourth-order valence-corrected chi connectivity index (χ4v) is 2.77. The molecule has 0 bridgehead atoms. The molecular formula is C18H15ClN4O2. The van der Waals surface area contributed by atoms with Crippen molar-refractivity contribution < 1.29 is 9.32 Å². The first kappa shape index (κ1) is 15.7. The van der Waals surface area contributed by atoms with Crippen LogP contribution in [0.5, 0.6) is 0 Å². The van der Waals surface area contributed by atoms with E-state index in [1.165, 1.54) is 0 Å². The zero-order chi connectivity index (χ0) is 17.2. The molecule has 7 heteroatoms. The Morgan fingerprint density at radius 3 is 2.56 bits per heavy atom. The molecule has 3 aromatic rings. The summed E-state index contributed by atoms with van der Waals surface area (Å²) >= 11 is 5.84. The lowest BCUT2D eigenvalue weighted by molar-refractivity contribution is 0.147. The van der Waals surface area contributed by atoms with Crippen LogP contribution in [0.15, 0.2) is 59.1 Å². The van der Waals surface area contributed by atoms with Crippen molar-refractivity contribution in [2.75, 3.05) is 18.4 Å². The molecule has 6 nitrogen and oxygen atoms in total. The second-order valence-electron chi connectivity index (χ2n) is 5.86. The van der Waals surface area contributed by atoms with Crippen LogP contribution >= 0.6 is 11.6 Å². The van der Waals surface area contributed by atoms with Gasteiger partial charge in [-0.3, -0.25) is 0 Å². The summed E-state index contributed by atoms with van der Waals surface area (Å²) in [6.45, 7) is 1.10. The summed E-state index contributed by atoms with van der Waals surface area (Å²) in [6.07, 6.45) is 0. The largest absolute Gasteiger partial charge is 0.339 e. The normalized spacial score (nSPS) is 14.2. The average Bonchev–Trinajstić information content (AvgIpc) is 3.06. The van der Waals surface area contributed by atoms with E-state index < -0.39 is 0 Å². The van der Waals surface area contributed by atoms with Gasteiger partial charge < -0.3 is 14.7 Å². The molecule has 2 aromatic carbocycles. The minimum Gasteiger partial charge on any atom is -0.339 e. The zero-order valence-corrected chi connectivity index (χ0v) is 14.0. The van der Waals surface area contributed by atoms with Crippen LogP contribution in [0.1, 0.15) is 11.8 Å². The Morgan fingerprint density at radius 1 is 1.12 bits per heavy atom. The second kappa shape index (κ2) is 6.57. The smallest absolute Gasteiger partial charge is 0.321 e. The molecule has 4 rings (SSSR count). The highest BCUT2D eigenvalue weighted by molar-refractivity contribution is 6.30. The van der Waals surface area contributed by atoms with Gasteiger partial charge in [-0.2, -0.15) is 4.98 Å². The Morgan fingerprint density at radius 2 is 1.84 bits per heavy atom. The number of carbonyl (C=O) groups excluding carboxylic acids is 1. The SMILES string of the molecule is O=C(Nc1ccc(Cl)cc1)N1CC(c2nc(-c3ccccc3)no2)C1. The van der Waals surface area contributed by atoms with Crippen LogP contribution in [0.4, 0.5) is 10.5 Å². The molecule has 1 aromatic heterocycles. The number of likely N-dealkylation sites (tertiary alicyclic amines) is 1. The van der Waals surface area contributed by atoms with Gasteiger partial charge in [0.15, 0.2) is 0 Å². The summed E-state index contributed by atoms with van der Waals surface area (Å²) in [6, 6.07) is 16.5. The van der Waals surface area contributed by atoms with Gasteiger partial charge in [0.25, 0.3) is 0 Å². The van der Waals surface area contributed by atoms with Crippen LogP contribution in [-0.4, -0.2) is 34.2 Å². The van der Waals surface area contributed by atoms with Crippen molar-refractivity contribution in [2.24, 2.45) is 0 Å². The molecule has 126 valence electrons. The molecule has 1 aliphatic heterocycles. The number of amides is 2. The molecule has 0 aliphatic carbocycles. The Kier molecular flexibility index (Phi) is 4.11. The average molecular weight is 355 g/mol. The van der Waals surface area contributed by atoms with E-state index in [1.54, 1.807) is 29.2 Å². The molecule has 1 N–H and O–H groups in total. The van der Waals surface area contributed by atoms with Crippen molar-refractivity contribution in [3.05, 3.63) is 65.5 Å². The summed E-state index contributed by atoms with van der Waals surface area (Å²) in [5.41, 5.74) is 1.62. The highest BCUT2D eigenvalue weighted by atomic mass is 35.5. The number of nitrogens with one attached hydrogen (secondary N) is 1. The minimum atomic E-state index is -0.152. The molecule has 0 atom stereocenters. The van der Waals surface area contributed by atoms with Gasteiger partial charge in [-0.25, -0.2) is 4.79 Å². The summed E-state index contributed by atoms with van der Waals surface area (Å²) in [7, 11) is 0. The Labute approximate surface area is 149 Å². The van der Waals surface area contributed by atoms with Gasteiger partial charge in [0.1, 0.15) is 0 Å². The van der Waals surface area contributed by atoms with Crippen molar-refractivity contribution in [1.29, 1.82) is 0 Å². The lowest BCUT2D eigenvalue weighted by Crippen LogP contribution is -2.50. The molecule has 1 aliphatic rings. The van der Waals surface area contributed by atoms with Crippen molar-refractivity contribution in [3.8, 4) is 11.4 Å². The maximum absolute atomic E-state index is 12.2. The number of rotatable bonds is 3. The molecule has 25 heavy (non-hydrogen) atoms. The van der Waals surface area contributed by atoms with E-state index in [1.807, 2.05) is 30.3 Å². The van der Waals surface area contributed by atoms with Gasteiger partial charge in [0.05, 0.1) is 5.92 Å². The van der Waals surface area contributed by atoms with Crippen LogP contribution < -0.4 is 5.32 Å². The summed E-state index contributed by atoms with van der Waals surface area (Å²) in [5.74, 6) is 1.20. The van der Waals surface area contributed by atoms with Crippen LogP contribution in [0, 0.1) is 0 Å². The minimum absolute atomic E-state index is 0.0703. The van der Waals surface area contributed by atoms with Crippen molar-refractivity contribution in [3.63, 3.8) is 0 Å². The molecule has 2 heterocycles. The molecule has 0 unspecified atom stereocenters. The van der Waals surface area contributed by atoms with Gasteiger partial charge in [-0.05, 0) is 24.3 Å². The molecule has 0 saturated carbocycles. The van der Waals surface area contributed by atoms with Crippen molar-refractivity contribution >= 4 is 23.3 Å². The van der Waals surface area contributed by atoms with Gasteiger partial charge in [-0.1, -0.05) is 47.1 Å². The van der Waals surface area contributed by atoms with E-state index in [9.17, 15) is 4.79 Å². The summed E-state index contributed by atoms with van der Waals surface area (Å²) < 4.78 is 5.35. The van der Waals surface area contributed by atoms with E-state index in [-0.39, 0.29) is 11.9 Å². The number of aromatic nitrogens is 2. The number of hydrogen-bond donors (Lipinski definition) is 1. The maximum atomic E-state index is 12.2. The summed E-state index contributed by atoms with van der Waals surface area (Å²) in [5, 5.41) is 7.49. The van der Waals surface area contributed by atoms with Crippen molar-refractivity contribution in [1.82, 2.24) is 15.0 Å². The van der Waals surface area contributed by atoms with E-state index in [2.05, 4.69) is 15.5 Å². The predicted molar refractivity (Wildman–Crippen MR) is 94.5 cm³/mol. The first-order valence-electron chi connectivity index (χ1n) is 7.89. The second-order valence-corrected chi connectivity index (χ2v) is 6.30. The van der Waals surface area contributed by atoms with Crippen LogP contribution in [0.3, 0.4) is 0 Å². The van der Waals surface area contributed by atoms with E-state index in [0.717, 1.165) is 5.56 Å². The van der Waals surface area contributed by atoms with Crippen LogP contribution in [0.25, 0.3) is 11.4 Å². The van der Waals surface area contributed by atoms with Gasteiger partial charge >= 0.3 is 6.03 Å². The third-order valence-corrected chi connectivity index (χ3v) is 4.34. The standard InChI is InChI=1S/C18H15ClN4O2/c19-14-6-8-15(9-7-14)20-18(24)23-10-13(11-23)17-21-16(22-25-17)12-4-2-1-3-5-12/h1-9,13H,10-11H2,(H,20,24). The van der Waals surface area contributed by atoms with E-state index in [4.69, 9.17) is 16.1 Å². The van der Waals surface area contributed by atoms with Gasteiger partial charge in [0, 0.05) is 29.4 Å². The molecular weight excluding hydrogens is 340 g/mol. The van der Waals surface area contributed by atoms with Crippen molar-refractivity contribution in [2.45, 2.75) is 5.92 Å². The number of halogens is 1. The number of nitrogens with zero attached hydrogens (tertiary/aromatic N) is 3. The first-order chi connectivity index (χ1) is 12.2. The third kappa shape index (κ3) is 3.34. The van der Waals surface area contributed by atoms with E-state index in [0.29, 0.717) is 35.5 Å². The molecule has 0 radical (unpaired) electrons. The topological polar surface area (TPSA) is 71.3 Å². The Bertz CT molecular complexity index is 874. The number of anilines is 1. The van der Waals surface area contributed by atoms with Gasteiger partial charge in [0.2, 0.25) is 11.7 Å². The van der Waals surface area contributed by atoms with Gasteiger partial charge in [-0.15, -0.1) is 0 Å². The molecule has 2 amide bonds. The molecule has 0 spiro atoms. The molecule has 1 saturated heterocycles. The fraction of sp³-hybridized carbons (Fsp3) is 0.167. The van der Waals surface area contributed by atoms with Crippen LogP contribution in [0.2, 0.25) is 5.02 Å². The fourth-order valence-electron chi connectivity index (χ4n) is 2.64. The van der Waals surface area contributed by atoms with E-state index >= 15 is 0 Å². The summed E-state index contributed by atoms with van der Waals surface area (Å²) in [4.78, 5) is 18.3. The lowest BCUT2D eigenvalue weighted by Gasteiger charge is -2.36. The maximum Gasteiger partial charge on any atom is 0.321 e. The number of benzene rings is 2. The predicted octanol–water partition coefficient (Wildman–Crippen LogP) is 4.02. The molecule has 1 fully saturated rings. The highest BCUT2D eigenvalue weighted by Gasteiger charge is 2.35. The number of hydrogen-bond acceptors (Lipinski definition) is 4. The highest BCUT2D eigenvalue weighted by Crippen LogP contribution is 2.28.